The van der Waals surface area contributed by atoms with E-state index in [-0.39, 0.29) is 0 Å². The third-order valence-corrected chi connectivity index (χ3v) is 5.53. The molecule has 1 aromatic heterocycles. The summed E-state index contributed by atoms with van der Waals surface area (Å²) in [5, 5.41) is 11.8. The van der Waals surface area contributed by atoms with Gasteiger partial charge in [-0.1, -0.05) is 19.3 Å². The molecule has 0 unspecified atom stereocenters. The van der Waals surface area contributed by atoms with Crippen LogP contribution in [-0.2, 0) is 6.54 Å². The maximum atomic E-state index is 4.56. The third-order valence-electron chi connectivity index (χ3n) is 5.53. The van der Waals surface area contributed by atoms with E-state index in [0.29, 0.717) is 11.5 Å². The Labute approximate surface area is 134 Å². The zero-order valence-electron chi connectivity index (χ0n) is 14.4. The van der Waals surface area contributed by atoms with Crippen molar-refractivity contribution in [1.29, 1.82) is 0 Å². The molecule has 0 saturated heterocycles. The SMILES string of the molecule is Cc1cc2n(n1)C[C@@H](CNCC1(N(C)C)CCCCC1)CN2. The molecule has 2 aliphatic rings. The van der Waals surface area contributed by atoms with Gasteiger partial charge >= 0.3 is 0 Å². The van der Waals surface area contributed by atoms with Gasteiger partial charge in [0.05, 0.1) is 5.69 Å². The van der Waals surface area contributed by atoms with Gasteiger partial charge in [-0.3, -0.25) is 0 Å². The Balaban J connectivity index is 1.50. The smallest absolute Gasteiger partial charge is 0.124 e. The van der Waals surface area contributed by atoms with E-state index >= 15 is 0 Å². The van der Waals surface area contributed by atoms with Gasteiger partial charge < -0.3 is 15.5 Å². The monoisotopic (exact) mass is 305 g/mol. The first-order chi connectivity index (χ1) is 10.6. The Bertz CT molecular complexity index is 487. The quantitative estimate of drug-likeness (QED) is 0.874. The predicted molar refractivity (Wildman–Crippen MR) is 91.3 cm³/mol. The summed E-state index contributed by atoms with van der Waals surface area (Å²) in [5.41, 5.74) is 1.47. The van der Waals surface area contributed by atoms with Gasteiger partial charge in [-0.15, -0.1) is 0 Å². The predicted octanol–water partition coefficient (Wildman–Crippen LogP) is 2.09. The highest BCUT2D eigenvalue weighted by atomic mass is 15.3. The van der Waals surface area contributed by atoms with Crippen molar-refractivity contribution >= 4 is 5.82 Å². The summed E-state index contributed by atoms with van der Waals surface area (Å²) >= 11 is 0. The molecule has 5 heteroatoms. The summed E-state index contributed by atoms with van der Waals surface area (Å²) in [6.45, 7) is 6.32. The molecule has 0 aromatic carbocycles. The van der Waals surface area contributed by atoms with Crippen molar-refractivity contribution in [3.63, 3.8) is 0 Å². The van der Waals surface area contributed by atoms with Crippen LogP contribution in [0.4, 0.5) is 5.82 Å². The van der Waals surface area contributed by atoms with Crippen LogP contribution < -0.4 is 10.6 Å². The first-order valence-corrected chi connectivity index (χ1v) is 8.75. The minimum Gasteiger partial charge on any atom is -0.370 e. The first-order valence-electron chi connectivity index (χ1n) is 8.75. The zero-order valence-corrected chi connectivity index (χ0v) is 14.4. The summed E-state index contributed by atoms with van der Waals surface area (Å²) in [6, 6.07) is 2.13. The van der Waals surface area contributed by atoms with E-state index in [1.165, 1.54) is 37.9 Å². The van der Waals surface area contributed by atoms with Crippen LogP contribution in [0.15, 0.2) is 6.07 Å². The van der Waals surface area contributed by atoms with E-state index in [1.807, 2.05) is 0 Å². The van der Waals surface area contributed by atoms with Crippen LogP contribution in [0.2, 0.25) is 0 Å². The minimum atomic E-state index is 0.369. The fourth-order valence-corrected chi connectivity index (χ4v) is 4.02. The molecule has 1 aromatic rings. The van der Waals surface area contributed by atoms with Crippen LogP contribution in [0, 0.1) is 12.8 Å². The van der Waals surface area contributed by atoms with Crippen molar-refractivity contribution in [2.24, 2.45) is 5.92 Å². The van der Waals surface area contributed by atoms with Gasteiger partial charge in [-0.25, -0.2) is 4.68 Å². The molecule has 2 N–H and O–H groups in total. The number of nitrogens with zero attached hydrogens (tertiary/aromatic N) is 3. The molecule has 1 saturated carbocycles. The van der Waals surface area contributed by atoms with Crippen molar-refractivity contribution in [2.45, 2.75) is 51.1 Å². The fourth-order valence-electron chi connectivity index (χ4n) is 4.02. The third kappa shape index (κ3) is 3.30. The van der Waals surface area contributed by atoms with Gasteiger partial charge in [0, 0.05) is 43.7 Å². The van der Waals surface area contributed by atoms with Crippen LogP contribution in [0.25, 0.3) is 0 Å². The number of fused-ring (bicyclic) bond motifs is 1. The lowest BCUT2D eigenvalue weighted by molar-refractivity contribution is 0.0972. The summed E-state index contributed by atoms with van der Waals surface area (Å²) in [5.74, 6) is 1.79. The molecule has 0 bridgehead atoms. The largest absolute Gasteiger partial charge is 0.370 e. The Morgan fingerprint density at radius 1 is 1.36 bits per heavy atom. The molecule has 124 valence electrons. The Morgan fingerprint density at radius 2 is 2.14 bits per heavy atom. The van der Waals surface area contributed by atoms with Crippen LogP contribution in [-0.4, -0.2) is 53.9 Å². The van der Waals surface area contributed by atoms with E-state index in [1.54, 1.807) is 0 Å². The number of hydrogen-bond donors (Lipinski definition) is 2. The molecule has 0 spiro atoms. The van der Waals surface area contributed by atoms with Gasteiger partial charge in [0.1, 0.15) is 5.82 Å². The molecule has 3 rings (SSSR count). The van der Waals surface area contributed by atoms with Crippen LogP contribution in [0.5, 0.6) is 0 Å². The Kier molecular flexibility index (Phi) is 4.73. The number of rotatable bonds is 5. The van der Waals surface area contributed by atoms with Crippen LogP contribution in [0.3, 0.4) is 0 Å². The maximum Gasteiger partial charge on any atom is 0.124 e. The molecular weight excluding hydrogens is 274 g/mol. The van der Waals surface area contributed by atoms with E-state index in [2.05, 4.69) is 52.4 Å². The number of nitrogens with one attached hydrogen (secondary N) is 2. The summed E-state index contributed by atoms with van der Waals surface area (Å²) in [7, 11) is 4.49. The number of aryl methyl sites for hydroxylation is 1. The fraction of sp³-hybridized carbons (Fsp3) is 0.824. The molecule has 1 atom stereocenters. The molecule has 1 aliphatic heterocycles. The first kappa shape index (κ1) is 15.8. The van der Waals surface area contributed by atoms with Crippen LogP contribution in [0.1, 0.15) is 37.8 Å². The zero-order chi connectivity index (χ0) is 15.6. The van der Waals surface area contributed by atoms with Gasteiger partial charge in [0.15, 0.2) is 0 Å². The normalized spacial score (nSPS) is 24.1. The van der Waals surface area contributed by atoms with Crippen molar-refractivity contribution in [1.82, 2.24) is 20.0 Å². The van der Waals surface area contributed by atoms with Crippen molar-refractivity contribution < 1.29 is 0 Å². The molecular formula is C17H31N5. The Hall–Kier alpha value is -1.07. The van der Waals surface area contributed by atoms with Crippen molar-refractivity contribution in [3.05, 3.63) is 11.8 Å². The number of anilines is 1. The highest BCUT2D eigenvalue weighted by molar-refractivity contribution is 5.38. The van der Waals surface area contributed by atoms with E-state index in [9.17, 15) is 0 Å². The molecule has 1 aliphatic carbocycles. The average Bonchev–Trinajstić information content (AvgIpc) is 2.87. The second-order valence-electron chi connectivity index (χ2n) is 7.41. The average molecular weight is 305 g/mol. The molecule has 0 radical (unpaired) electrons. The van der Waals surface area contributed by atoms with Gasteiger partial charge in [-0.05, 0) is 33.9 Å². The van der Waals surface area contributed by atoms with Crippen molar-refractivity contribution in [2.75, 3.05) is 39.0 Å². The maximum absolute atomic E-state index is 4.56. The summed E-state index contributed by atoms with van der Waals surface area (Å²) in [4.78, 5) is 2.45. The topological polar surface area (TPSA) is 45.1 Å². The second kappa shape index (κ2) is 6.59. The van der Waals surface area contributed by atoms with Crippen LogP contribution >= 0.6 is 0 Å². The second-order valence-corrected chi connectivity index (χ2v) is 7.41. The lowest BCUT2D eigenvalue weighted by atomic mass is 9.80. The lowest BCUT2D eigenvalue weighted by Crippen LogP contribution is -2.53. The molecule has 22 heavy (non-hydrogen) atoms. The summed E-state index contributed by atoms with van der Waals surface area (Å²) in [6.07, 6.45) is 6.82. The minimum absolute atomic E-state index is 0.369. The molecule has 2 heterocycles. The number of aromatic nitrogens is 2. The molecule has 0 amide bonds. The van der Waals surface area contributed by atoms with E-state index < -0.39 is 0 Å². The Morgan fingerprint density at radius 3 is 2.86 bits per heavy atom. The molecule has 1 fully saturated rings. The number of hydrogen-bond acceptors (Lipinski definition) is 4. The summed E-state index contributed by atoms with van der Waals surface area (Å²) < 4.78 is 2.12. The van der Waals surface area contributed by atoms with Gasteiger partial charge in [-0.2, -0.15) is 5.10 Å². The number of likely N-dealkylation sites (N-methyl/N-ethyl adjacent to an activating group) is 1. The van der Waals surface area contributed by atoms with Gasteiger partial charge in [0.25, 0.3) is 0 Å². The van der Waals surface area contributed by atoms with Gasteiger partial charge in [0.2, 0.25) is 0 Å². The standard InChI is InChI=1S/C17H31N5/c1-14-9-16-19-11-15(12-22(16)20-14)10-18-13-17(21(2)3)7-5-4-6-8-17/h9,15,18-19H,4-8,10-13H2,1-3H3/t15-/m0/s1. The van der Waals surface area contributed by atoms with E-state index in [4.69, 9.17) is 0 Å². The lowest BCUT2D eigenvalue weighted by Gasteiger charge is -2.43. The highest BCUT2D eigenvalue weighted by Gasteiger charge is 2.34. The highest BCUT2D eigenvalue weighted by Crippen LogP contribution is 2.31. The van der Waals surface area contributed by atoms with Crippen molar-refractivity contribution in [3.8, 4) is 0 Å². The van der Waals surface area contributed by atoms with E-state index in [0.717, 1.165) is 31.9 Å². The molecule has 5 nitrogen and oxygen atoms in total.